The monoisotopic (exact) mass is 329 g/mol. The van der Waals surface area contributed by atoms with E-state index >= 15 is 0 Å². The van der Waals surface area contributed by atoms with Crippen LogP contribution in [0.2, 0.25) is 0 Å². The number of hydrogen-bond donors (Lipinski definition) is 1. The smallest absolute Gasteiger partial charge is 0.318 e. The number of hydrogen-bond acceptors (Lipinski definition) is 3. The highest BCUT2D eigenvalue weighted by Gasteiger charge is 2.23. The second-order valence-electron chi connectivity index (χ2n) is 7.42. The van der Waals surface area contributed by atoms with Crippen LogP contribution in [0.4, 0.5) is 4.79 Å². The van der Waals surface area contributed by atoms with Crippen molar-refractivity contribution in [2.24, 2.45) is 5.41 Å². The molecule has 5 nitrogen and oxygen atoms in total. The van der Waals surface area contributed by atoms with Gasteiger partial charge in [-0.1, -0.05) is 26.8 Å². The van der Waals surface area contributed by atoms with E-state index in [1.807, 2.05) is 37.4 Å². The van der Waals surface area contributed by atoms with Crippen LogP contribution in [0.3, 0.4) is 0 Å². The van der Waals surface area contributed by atoms with E-state index in [0.29, 0.717) is 6.54 Å². The summed E-state index contributed by atoms with van der Waals surface area (Å²) in [6.07, 6.45) is 4.38. The van der Waals surface area contributed by atoms with Gasteiger partial charge in [-0.15, -0.1) is 0 Å². The van der Waals surface area contributed by atoms with Crippen LogP contribution < -0.4 is 5.32 Å². The molecule has 0 aliphatic carbocycles. The van der Waals surface area contributed by atoms with Gasteiger partial charge in [-0.05, 0) is 42.5 Å². The minimum absolute atomic E-state index is 0.0769. The number of aryl methyl sites for hydroxylation is 1. The molecule has 2 aromatic rings. The summed E-state index contributed by atoms with van der Waals surface area (Å²) in [7, 11) is 1.77. The van der Waals surface area contributed by atoms with Crippen LogP contribution in [0.15, 0.2) is 41.1 Å². The number of aromatic nitrogens is 1. The maximum Gasteiger partial charge on any atom is 0.318 e. The van der Waals surface area contributed by atoms with Crippen molar-refractivity contribution in [2.75, 3.05) is 7.05 Å². The Balaban J connectivity index is 2.06. The van der Waals surface area contributed by atoms with Crippen molar-refractivity contribution < 1.29 is 9.21 Å². The Morgan fingerprint density at radius 2 is 2.08 bits per heavy atom. The third-order valence-corrected chi connectivity index (χ3v) is 3.74. The zero-order valence-corrected chi connectivity index (χ0v) is 15.2. The Hall–Kier alpha value is -2.30. The van der Waals surface area contributed by atoms with Crippen LogP contribution in [-0.2, 0) is 6.54 Å². The lowest BCUT2D eigenvalue weighted by molar-refractivity contribution is 0.193. The normalized spacial score (nSPS) is 12.7. The molecule has 0 saturated heterocycles. The van der Waals surface area contributed by atoms with Gasteiger partial charge in [-0.2, -0.15) is 0 Å². The SMILES string of the molecule is Cc1ccc(CN(C)C(=O)N[C@@H](CC(C)(C)C)c2cccnc2)o1. The summed E-state index contributed by atoms with van der Waals surface area (Å²) < 4.78 is 5.54. The lowest BCUT2D eigenvalue weighted by Gasteiger charge is -2.28. The molecule has 0 aliphatic heterocycles. The van der Waals surface area contributed by atoms with E-state index in [4.69, 9.17) is 4.42 Å². The van der Waals surface area contributed by atoms with Crippen molar-refractivity contribution >= 4 is 6.03 Å². The fraction of sp³-hybridized carbons (Fsp3) is 0.474. The van der Waals surface area contributed by atoms with Crippen LogP contribution in [0.1, 0.15) is 50.3 Å². The minimum atomic E-state index is -0.123. The fourth-order valence-corrected chi connectivity index (χ4v) is 2.58. The number of nitrogens with one attached hydrogen (secondary N) is 1. The van der Waals surface area contributed by atoms with Gasteiger partial charge in [0.2, 0.25) is 0 Å². The second kappa shape index (κ2) is 7.51. The van der Waals surface area contributed by atoms with Gasteiger partial charge in [0, 0.05) is 19.4 Å². The van der Waals surface area contributed by atoms with Crippen molar-refractivity contribution in [1.82, 2.24) is 15.2 Å². The second-order valence-corrected chi connectivity index (χ2v) is 7.42. The molecule has 0 aromatic carbocycles. The molecule has 24 heavy (non-hydrogen) atoms. The lowest BCUT2D eigenvalue weighted by Crippen LogP contribution is -2.40. The summed E-state index contributed by atoms with van der Waals surface area (Å²) >= 11 is 0. The summed E-state index contributed by atoms with van der Waals surface area (Å²) in [5.74, 6) is 1.62. The molecular formula is C19H27N3O2. The van der Waals surface area contributed by atoms with E-state index in [-0.39, 0.29) is 17.5 Å². The van der Waals surface area contributed by atoms with Crippen LogP contribution in [0, 0.1) is 12.3 Å². The molecule has 0 spiro atoms. The van der Waals surface area contributed by atoms with Crippen molar-refractivity contribution in [3.05, 3.63) is 53.7 Å². The van der Waals surface area contributed by atoms with E-state index in [1.165, 1.54) is 0 Å². The average Bonchev–Trinajstić information content (AvgIpc) is 2.91. The maximum atomic E-state index is 12.6. The van der Waals surface area contributed by atoms with Crippen LogP contribution >= 0.6 is 0 Å². The van der Waals surface area contributed by atoms with Crippen molar-refractivity contribution in [3.63, 3.8) is 0 Å². The molecule has 2 heterocycles. The molecule has 0 fully saturated rings. The van der Waals surface area contributed by atoms with Crippen LogP contribution in [0.5, 0.6) is 0 Å². The minimum Gasteiger partial charge on any atom is -0.464 e. The van der Waals surface area contributed by atoms with Gasteiger partial charge in [0.1, 0.15) is 11.5 Å². The Morgan fingerprint density at radius 3 is 2.62 bits per heavy atom. The van der Waals surface area contributed by atoms with Crippen molar-refractivity contribution in [1.29, 1.82) is 0 Å². The van der Waals surface area contributed by atoms with Gasteiger partial charge in [-0.25, -0.2) is 4.79 Å². The van der Waals surface area contributed by atoms with Crippen molar-refractivity contribution in [2.45, 2.75) is 46.7 Å². The van der Waals surface area contributed by atoms with Gasteiger partial charge in [-0.3, -0.25) is 4.98 Å². The summed E-state index contributed by atoms with van der Waals surface area (Å²) in [4.78, 5) is 18.4. The van der Waals surface area contributed by atoms with E-state index in [9.17, 15) is 4.79 Å². The largest absolute Gasteiger partial charge is 0.464 e. The molecule has 2 aromatic heterocycles. The molecule has 0 aliphatic rings. The number of rotatable bonds is 5. The lowest BCUT2D eigenvalue weighted by atomic mass is 9.86. The molecule has 0 unspecified atom stereocenters. The standard InChI is InChI=1S/C19H27N3O2/c1-14-8-9-16(24-14)13-22(5)18(23)21-17(11-19(2,3)4)15-7-6-10-20-12-15/h6-10,12,17H,11,13H2,1-5H3,(H,21,23)/t17-/m0/s1. The number of nitrogens with zero attached hydrogens (tertiary/aromatic N) is 2. The van der Waals surface area contributed by atoms with Gasteiger partial charge in [0.15, 0.2) is 0 Å². The Labute approximate surface area is 144 Å². The Bertz CT molecular complexity index is 659. The summed E-state index contributed by atoms with van der Waals surface area (Å²) in [5, 5.41) is 3.12. The van der Waals surface area contributed by atoms with Gasteiger partial charge in [0.05, 0.1) is 12.6 Å². The Kier molecular flexibility index (Phi) is 5.65. The highest BCUT2D eigenvalue weighted by atomic mass is 16.3. The van der Waals surface area contributed by atoms with Crippen molar-refractivity contribution in [3.8, 4) is 0 Å². The number of carbonyl (C=O) groups is 1. The van der Waals surface area contributed by atoms with Crippen LogP contribution in [-0.4, -0.2) is 23.0 Å². The number of pyridine rings is 1. The average molecular weight is 329 g/mol. The molecule has 2 amide bonds. The molecule has 5 heteroatoms. The number of furan rings is 1. The first-order chi connectivity index (χ1) is 11.2. The molecule has 1 atom stereocenters. The molecule has 0 radical (unpaired) electrons. The summed E-state index contributed by atoms with van der Waals surface area (Å²) in [6.45, 7) is 8.83. The molecular weight excluding hydrogens is 302 g/mol. The molecule has 130 valence electrons. The highest BCUT2D eigenvalue weighted by Crippen LogP contribution is 2.29. The third-order valence-electron chi connectivity index (χ3n) is 3.74. The topological polar surface area (TPSA) is 58.4 Å². The maximum absolute atomic E-state index is 12.6. The van der Waals surface area contributed by atoms with Crippen LogP contribution in [0.25, 0.3) is 0 Å². The molecule has 0 saturated carbocycles. The Morgan fingerprint density at radius 1 is 1.33 bits per heavy atom. The molecule has 0 bridgehead atoms. The third kappa shape index (κ3) is 5.41. The summed E-state index contributed by atoms with van der Waals surface area (Å²) in [5.41, 5.74) is 1.10. The predicted molar refractivity (Wildman–Crippen MR) is 94.5 cm³/mol. The number of carbonyl (C=O) groups excluding carboxylic acids is 1. The van der Waals surface area contributed by atoms with E-state index in [0.717, 1.165) is 23.5 Å². The highest BCUT2D eigenvalue weighted by molar-refractivity contribution is 5.74. The molecule has 2 rings (SSSR count). The van der Waals surface area contributed by atoms with Gasteiger partial charge >= 0.3 is 6.03 Å². The first-order valence-electron chi connectivity index (χ1n) is 8.21. The van der Waals surface area contributed by atoms with E-state index in [2.05, 4.69) is 31.1 Å². The number of urea groups is 1. The number of amides is 2. The quantitative estimate of drug-likeness (QED) is 0.889. The van der Waals surface area contributed by atoms with E-state index in [1.54, 1.807) is 18.1 Å². The van der Waals surface area contributed by atoms with E-state index < -0.39 is 0 Å². The zero-order chi connectivity index (χ0) is 17.7. The zero-order valence-electron chi connectivity index (χ0n) is 15.2. The predicted octanol–water partition coefficient (Wildman–Crippen LogP) is 4.30. The van der Waals surface area contributed by atoms with Gasteiger partial charge < -0.3 is 14.6 Å². The first kappa shape index (κ1) is 18.0. The molecule has 1 N–H and O–H groups in total. The van der Waals surface area contributed by atoms with Gasteiger partial charge in [0.25, 0.3) is 0 Å². The summed E-state index contributed by atoms with van der Waals surface area (Å²) in [6, 6.07) is 7.49. The fourth-order valence-electron chi connectivity index (χ4n) is 2.58. The first-order valence-corrected chi connectivity index (χ1v) is 8.21.